The van der Waals surface area contributed by atoms with Crippen molar-refractivity contribution in [2.24, 2.45) is 0 Å². The van der Waals surface area contributed by atoms with Gasteiger partial charge in [0.25, 0.3) is 11.8 Å². The number of hydrogen-bond donors (Lipinski definition) is 1. The van der Waals surface area contributed by atoms with Gasteiger partial charge in [-0.15, -0.1) is 0 Å². The van der Waals surface area contributed by atoms with E-state index >= 15 is 0 Å². The lowest BCUT2D eigenvalue weighted by molar-refractivity contribution is -0.133. The number of ether oxygens (including phenoxy) is 1. The number of fused-ring (bicyclic) bond motifs is 1. The summed E-state index contributed by atoms with van der Waals surface area (Å²) in [5, 5.41) is 0. The summed E-state index contributed by atoms with van der Waals surface area (Å²) in [5.41, 5.74) is 3.58. The van der Waals surface area contributed by atoms with Gasteiger partial charge in [-0.3, -0.25) is 9.59 Å². The van der Waals surface area contributed by atoms with Crippen LogP contribution < -0.4 is 4.74 Å². The second-order valence-corrected chi connectivity index (χ2v) is 7.84. The van der Waals surface area contributed by atoms with Crippen molar-refractivity contribution in [2.75, 3.05) is 32.8 Å². The van der Waals surface area contributed by atoms with Crippen LogP contribution in [0.1, 0.15) is 35.7 Å². The van der Waals surface area contributed by atoms with E-state index in [2.05, 4.69) is 16.9 Å². The largest absolute Gasteiger partial charge is 0.484 e. The van der Waals surface area contributed by atoms with Crippen LogP contribution in [0.2, 0.25) is 0 Å². The maximum atomic E-state index is 12.9. The third kappa shape index (κ3) is 5.05. The molecule has 0 unspecified atom stereocenters. The summed E-state index contributed by atoms with van der Waals surface area (Å²) in [6, 6.07) is 13.4. The molecular formula is C24H28N4O3. The van der Waals surface area contributed by atoms with Gasteiger partial charge in [-0.2, -0.15) is 0 Å². The molecule has 7 heteroatoms. The number of aromatic nitrogens is 2. The number of carbonyl (C=O) groups is 2. The molecule has 2 heterocycles. The topological polar surface area (TPSA) is 78.5 Å². The Morgan fingerprint density at radius 3 is 2.61 bits per heavy atom. The second kappa shape index (κ2) is 9.64. The SMILES string of the molecule is CCCc1ccc(OCC(=O)N2CCCN(C(=O)c3ccc4nc[nH]c4c3)CC2)cc1. The molecule has 0 aliphatic carbocycles. The molecule has 0 radical (unpaired) electrons. The summed E-state index contributed by atoms with van der Waals surface area (Å²) in [6.07, 6.45) is 4.51. The average molecular weight is 421 g/mol. The Kier molecular flexibility index (Phi) is 6.50. The van der Waals surface area contributed by atoms with Crippen LogP contribution in [0.5, 0.6) is 5.75 Å². The number of nitrogens with zero attached hydrogens (tertiary/aromatic N) is 3. The lowest BCUT2D eigenvalue weighted by Gasteiger charge is -2.22. The van der Waals surface area contributed by atoms with E-state index in [1.165, 1.54) is 5.56 Å². The van der Waals surface area contributed by atoms with Gasteiger partial charge in [-0.25, -0.2) is 4.98 Å². The molecule has 1 N–H and O–H groups in total. The molecule has 2 amide bonds. The number of aromatic amines is 1. The fraction of sp³-hybridized carbons (Fsp3) is 0.375. The molecule has 0 saturated carbocycles. The fourth-order valence-electron chi connectivity index (χ4n) is 3.90. The van der Waals surface area contributed by atoms with Gasteiger partial charge in [-0.1, -0.05) is 25.5 Å². The van der Waals surface area contributed by atoms with Crippen molar-refractivity contribution in [2.45, 2.75) is 26.2 Å². The zero-order valence-corrected chi connectivity index (χ0v) is 17.8. The summed E-state index contributed by atoms with van der Waals surface area (Å²) >= 11 is 0. The molecule has 1 aliphatic rings. The third-order valence-corrected chi connectivity index (χ3v) is 5.63. The molecule has 1 aromatic heterocycles. The number of nitrogens with one attached hydrogen (secondary N) is 1. The molecule has 4 rings (SSSR count). The number of benzene rings is 2. The second-order valence-electron chi connectivity index (χ2n) is 7.84. The van der Waals surface area contributed by atoms with Gasteiger partial charge < -0.3 is 19.5 Å². The Labute approximate surface area is 182 Å². The molecule has 1 saturated heterocycles. The van der Waals surface area contributed by atoms with E-state index < -0.39 is 0 Å². The van der Waals surface area contributed by atoms with E-state index in [1.54, 1.807) is 17.3 Å². The molecule has 2 aromatic carbocycles. The summed E-state index contributed by atoms with van der Waals surface area (Å²) in [7, 11) is 0. The van der Waals surface area contributed by atoms with Crippen molar-refractivity contribution in [3.05, 3.63) is 59.9 Å². The average Bonchev–Trinajstić information content (AvgIpc) is 3.13. The molecule has 7 nitrogen and oxygen atoms in total. The van der Waals surface area contributed by atoms with Crippen molar-refractivity contribution < 1.29 is 14.3 Å². The zero-order valence-electron chi connectivity index (χ0n) is 17.8. The Bertz CT molecular complexity index is 1040. The van der Waals surface area contributed by atoms with Crippen LogP contribution in [0.3, 0.4) is 0 Å². The van der Waals surface area contributed by atoms with Crippen LogP contribution in [0.15, 0.2) is 48.8 Å². The first kappa shape index (κ1) is 20.9. The minimum atomic E-state index is -0.0502. The van der Waals surface area contributed by atoms with Crippen molar-refractivity contribution in [3.8, 4) is 5.75 Å². The van der Waals surface area contributed by atoms with Crippen LogP contribution in [0, 0.1) is 0 Å². The Morgan fingerprint density at radius 1 is 1.03 bits per heavy atom. The number of rotatable bonds is 6. The van der Waals surface area contributed by atoms with E-state index in [0.717, 1.165) is 30.3 Å². The smallest absolute Gasteiger partial charge is 0.260 e. The summed E-state index contributed by atoms with van der Waals surface area (Å²) < 4.78 is 5.69. The molecule has 162 valence electrons. The van der Waals surface area contributed by atoms with Crippen molar-refractivity contribution in [1.82, 2.24) is 19.8 Å². The van der Waals surface area contributed by atoms with E-state index in [4.69, 9.17) is 4.74 Å². The minimum Gasteiger partial charge on any atom is -0.484 e. The third-order valence-electron chi connectivity index (χ3n) is 5.63. The molecule has 31 heavy (non-hydrogen) atoms. The number of amides is 2. The van der Waals surface area contributed by atoms with Gasteiger partial charge in [0.05, 0.1) is 17.4 Å². The summed E-state index contributed by atoms with van der Waals surface area (Å²) in [6.45, 7) is 4.44. The van der Waals surface area contributed by atoms with Gasteiger partial charge in [0.1, 0.15) is 5.75 Å². The number of H-pyrrole nitrogens is 1. The highest BCUT2D eigenvalue weighted by Crippen LogP contribution is 2.16. The Balaban J connectivity index is 1.30. The zero-order chi connectivity index (χ0) is 21.6. The summed E-state index contributed by atoms with van der Waals surface area (Å²) in [5.74, 6) is 0.633. The monoisotopic (exact) mass is 420 g/mol. The maximum Gasteiger partial charge on any atom is 0.260 e. The van der Waals surface area contributed by atoms with E-state index in [1.807, 2.05) is 41.3 Å². The Morgan fingerprint density at radius 2 is 1.81 bits per heavy atom. The lowest BCUT2D eigenvalue weighted by Crippen LogP contribution is -2.39. The highest BCUT2D eigenvalue weighted by molar-refractivity contribution is 5.97. The van der Waals surface area contributed by atoms with Crippen LogP contribution in [0.25, 0.3) is 11.0 Å². The highest BCUT2D eigenvalue weighted by Gasteiger charge is 2.23. The number of hydrogen-bond acceptors (Lipinski definition) is 4. The predicted molar refractivity (Wildman–Crippen MR) is 119 cm³/mol. The molecule has 0 atom stereocenters. The lowest BCUT2D eigenvalue weighted by atomic mass is 10.1. The highest BCUT2D eigenvalue weighted by atomic mass is 16.5. The summed E-state index contributed by atoms with van der Waals surface area (Å²) in [4.78, 5) is 36.4. The maximum absolute atomic E-state index is 12.9. The predicted octanol–water partition coefficient (Wildman–Crippen LogP) is 3.27. The normalized spacial score (nSPS) is 14.5. The first-order valence-corrected chi connectivity index (χ1v) is 10.9. The molecule has 0 spiro atoms. The van der Waals surface area contributed by atoms with E-state index in [-0.39, 0.29) is 18.4 Å². The molecule has 1 fully saturated rings. The molecular weight excluding hydrogens is 392 g/mol. The Hall–Kier alpha value is -3.35. The van der Waals surface area contributed by atoms with Crippen LogP contribution >= 0.6 is 0 Å². The fourth-order valence-corrected chi connectivity index (χ4v) is 3.90. The standard InChI is InChI=1S/C24H28N4O3/c1-2-4-18-5-8-20(9-6-18)31-16-23(29)27-11-3-12-28(14-13-27)24(30)19-7-10-21-22(15-19)26-17-25-21/h5-10,15,17H,2-4,11-14,16H2,1H3,(H,25,26). The number of carbonyl (C=O) groups excluding carboxylic acids is 2. The minimum absolute atomic E-state index is 0.0115. The van der Waals surface area contributed by atoms with Crippen LogP contribution in [-0.4, -0.2) is 64.4 Å². The number of imidazole rings is 1. The van der Waals surface area contributed by atoms with Crippen molar-refractivity contribution in [3.63, 3.8) is 0 Å². The molecule has 0 bridgehead atoms. The molecule has 3 aromatic rings. The first-order valence-electron chi connectivity index (χ1n) is 10.9. The van der Waals surface area contributed by atoms with Crippen LogP contribution in [-0.2, 0) is 11.2 Å². The quantitative estimate of drug-likeness (QED) is 0.664. The van der Waals surface area contributed by atoms with Gasteiger partial charge in [0.2, 0.25) is 0 Å². The number of aryl methyl sites for hydroxylation is 1. The molecule has 1 aliphatic heterocycles. The van der Waals surface area contributed by atoms with Gasteiger partial charge >= 0.3 is 0 Å². The van der Waals surface area contributed by atoms with Crippen LogP contribution in [0.4, 0.5) is 0 Å². The first-order chi connectivity index (χ1) is 15.1. The van der Waals surface area contributed by atoms with Crippen molar-refractivity contribution in [1.29, 1.82) is 0 Å². The van der Waals surface area contributed by atoms with E-state index in [9.17, 15) is 9.59 Å². The van der Waals surface area contributed by atoms with Gasteiger partial charge in [0.15, 0.2) is 6.61 Å². The van der Waals surface area contributed by atoms with E-state index in [0.29, 0.717) is 37.5 Å². The van der Waals surface area contributed by atoms with Gasteiger partial charge in [0, 0.05) is 31.7 Å². The van der Waals surface area contributed by atoms with Crippen molar-refractivity contribution >= 4 is 22.8 Å². The van der Waals surface area contributed by atoms with Gasteiger partial charge in [-0.05, 0) is 48.7 Å².